The van der Waals surface area contributed by atoms with E-state index in [1.54, 1.807) is 0 Å². The van der Waals surface area contributed by atoms with E-state index in [2.05, 4.69) is 0 Å². The normalized spacial score (nSPS) is 15.7. The lowest BCUT2D eigenvalue weighted by molar-refractivity contribution is 0.608. The third kappa shape index (κ3) is 5.86. The fourth-order valence-corrected chi connectivity index (χ4v) is 2.32. The van der Waals surface area contributed by atoms with Crippen LogP contribution in [0.25, 0.3) is 0 Å². The lowest BCUT2D eigenvalue weighted by Gasteiger charge is -2.05. The molecule has 0 aliphatic rings. The van der Waals surface area contributed by atoms with Gasteiger partial charge in [0.25, 0.3) is 0 Å². The molecule has 1 atom stereocenters. The smallest absolute Gasteiger partial charge is 0.212 e. The highest BCUT2D eigenvalue weighted by atomic mass is 35.7. The summed E-state index contributed by atoms with van der Waals surface area (Å²) in [4.78, 5) is -0.921. The van der Waals surface area contributed by atoms with Crippen molar-refractivity contribution in [3.05, 3.63) is 0 Å². The minimum absolute atomic E-state index is 0.423. The van der Waals surface area contributed by atoms with Crippen LogP contribution in [0.3, 0.4) is 0 Å². The zero-order chi connectivity index (χ0) is 8.36. The van der Waals surface area contributed by atoms with Gasteiger partial charge in [0.1, 0.15) is 4.84 Å². The molecule has 62 valence electrons. The van der Waals surface area contributed by atoms with E-state index < -0.39 is 25.0 Å². The van der Waals surface area contributed by atoms with Crippen molar-refractivity contribution >= 4 is 54.5 Å². The van der Waals surface area contributed by atoms with Crippen molar-refractivity contribution in [1.29, 1.82) is 0 Å². The van der Waals surface area contributed by atoms with Gasteiger partial charge in [-0.1, -0.05) is 0 Å². The molecule has 0 radical (unpaired) electrons. The highest BCUT2D eigenvalue weighted by Crippen LogP contribution is 2.17. The summed E-state index contributed by atoms with van der Waals surface area (Å²) in [5.41, 5.74) is 0. The largest absolute Gasteiger partial charge is 0.234 e. The second-order valence-electron chi connectivity index (χ2n) is 1.56. The van der Waals surface area contributed by atoms with Crippen LogP contribution in [0.1, 0.15) is 0 Å². The number of halogens is 4. The Morgan fingerprint density at radius 1 is 1.20 bits per heavy atom. The summed E-state index contributed by atoms with van der Waals surface area (Å²) in [7, 11) is 1.25. The fraction of sp³-hybridized carbons (Fsp3) is 1.00. The number of hydrogen-bond donors (Lipinski definition) is 0. The molecule has 0 fully saturated rings. The van der Waals surface area contributed by atoms with Gasteiger partial charge < -0.3 is 0 Å². The highest BCUT2D eigenvalue weighted by Gasteiger charge is 2.20. The first-order valence-electron chi connectivity index (χ1n) is 2.17. The molecule has 2 nitrogen and oxygen atoms in total. The summed E-state index contributed by atoms with van der Waals surface area (Å²) in [5, 5.41) is -0.856. The summed E-state index contributed by atoms with van der Waals surface area (Å²) >= 11 is 15.9. The fourth-order valence-electron chi connectivity index (χ4n) is 0.263. The van der Waals surface area contributed by atoms with Crippen LogP contribution in [0.2, 0.25) is 0 Å². The van der Waals surface area contributed by atoms with Gasteiger partial charge in [0, 0.05) is 10.7 Å². The molecule has 0 heterocycles. The van der Waals surface area contributed by atoms with E-state index in [1.165, 1.54) is 0 Å². The van der Waals surface area contributed by atoms with E-state index in [1.807, 2.05) is 0 Å². The van der Waals surface area contributed by atoms with Crippen LogP contribution in [-0.2, 0) is 9.05 Å². The lowest BCUT2D eigenvalue weighted by atomic mass is 10.5. The van der Waals surface area contributed by atoms with Gasteiger partial charge in [-0.05, 0) is 0 Å². The maximum Gasteiger partial charge on any atom is 0.234 e. The summed E-state index contributed by atoms with van der Waals surface area (Å²) in [6.45, 7) is 0. The van der Waals surface area contributed by atoms with Gasteiger partial charge in [-0.3, -0.25) is 0 Å². The highest BCUT2D eigenvalue weighted by molar-refractivity contribution is 8.13. The Kier molecular flexibility index (Phi) is 4.68. The molecule has 0 aromatic carbocycles. The number of alkyl halides is 3. The number of rotatable bonds is 3. The Morgan fingerprint density at radius 3 is 1.70 bits per heavy atom. The Labute approximate surface area is 78.8 Å². The van der Waals surface area contributed by atoms with Gasteiger partial charge in [-0.25, -0.2) is 8.42 Å². The lowest BCUT2D eigenvalue weighted by Crippen LogP contribution is -2.18. The summed E-state index contributed by atoms with van der Waals surface area (Å²) in [6.07, 6.45) is 0. The van der Waals surface area contributed by atoms with Crippen LogP contribution < -0.4 is 0 Å². The van der Waals surface area contributed by atoms with E-state index in [9.17, 15) is 8.42 Å². The molecule has 0 bridgehead atoms. The van der Waals surface area contributed by atoms with Crippen molar-refractivity contribution < 1.29 is 8.42 Å². The summed E-state index contributed by atoms with van der Waals surface area (Å²) < 4.78 is 20.6. The molecule has 1 unspecified atom stereocenters. The maximum absolute atomic E-state index is 10.3. The van der Waals surface area contributed by atoms with E-state index in [0.717, 1.165) is 0 Å². The van der Waals surface area contributed by atoms with Gasteiger partial charge in [-0.2, -0.15) is 0 Å². The topological polar surface area (TPSA) is 34.1 Å². The van der Waals surface area contributed by atoms with Crippen molar-refractivity contribution in [2.75, 3.05) is 5.75 Å². The van der Waals surface area contributed by atoms with Gasteiger partial charge >= 0.3 is 0 Å². The Balaban J connectivity index is 3.93. The van der Waals surface area contributed by atoms with Crippen molar-refractivity contribution in [3.63, 3.8) is 0 Å². The minimum atomic E-state index is -3.60. The average Bonchev–Trinajstić information content (AvgIpc) is 1.60. The van der Waals surface area contributed by atoms with Gasteiger partial charge in [0.15, 0.2) is 0 Å². The third-order valence-corrected chi connectivity index (χ3v) is 3.22. The van der Waals surface area contributed by atoms with Crippen LogP contribution in [-0.4, -0.2) is 24.4 Å². The Bertz CT molecular complexity index is 187. The van der Waals surface area contributed by atoms with Gasteiger partial charge in [0.2, 0.25) is 9.05 Å². The molecule has 0 saturated carbocycles. The van der Waals surface area contributed by atoms with Crippen molar-refractivity contribution in [2.45, 2.75) is 10.2 Å². The first-order chi connectivity index (χ1) is 4.33. The second-order valence-corrected chi connectivity index (χ2v) is 6.10. The molecule has 7 heteroatoms. The van der Waals surface area contributed by atoms with Crippen LogP contribution in [0, 0.1) is 0 Å². The van der Waals surface area contributed by atoms with Crippen LogP contribution in [0.4, 0.5) is 0 Å². The van der Waals surface area contributed by atoms with E-state index in [0.29, 0.717) is 0 Å². The standard InChI is InChI=1S/C3H4Cl4O2S/c4-2(3(5)6)1-10(7,8)9/h2-3H,1H2. The van der Waals surface area contributed by atoms with Crippen molar-refractivity contribution in [1.82, 2.24) is 0 Å². The molecular formula is C3H4Cl4O2S. The maximum atomic E-state index is 10.3. The molecule has 10 heavy (non-hydrogen) atoms. The second kappa shape index (κ2) is 4.21. The zero-order valence-electron chi connectivity index (χ0n) is 4.60. The molecule has 0 spiro atoms. The van der Waals surface area contributed by atoms with E-state index in [4.69, 9.17) is 45.5 Å². The quantitative estimate of drug-likeness (QED) is 0.563. The molecule has 0 saturated heterocycles. The van der Waals surface area contributed by atoms with Crippen molar-refractivity contribution in [3.8, 4) is 0 Å². The average molecular weight is 246 g/mol. The van der Waals surface area contributed by atoms with Crippen LogP contribution in [0.5, 0.6) is 0 Å². The zero-order valence-corrected chi connectivity index (χ0v) is 8.44. The minimum Gasteiger partial charge on any atom is -0.212 e. The molecule has 0 aromatic rings. The monoisotopic (exact) mass is 244 g/mol. The first kappa shape index (κ1) is 11.1. The summed E-state index contributed by atoms with van der Waals surface area (Å²) in [6, 6.07) is 0. The molecule has 0 amide bonds. The summed E-state index contributed by atoms with van der Waals surface area (Å²) in [5.74, 6) is -0.423. The molecule has 0 N–H and O–H groups in total. The Hall–Kier alpha value is 1.11. The van der Waals surface area contributed by atoms with Gasteiger partial charge in [-0.15, -0.1) is 34.8 Å². The predicted molar refractivity (Wildman–Crippen MR) is 44.8 cm³/mol. The third-order valence-electron chi connectivity index (χ3n) is 0.632. The van der Waals surface area contributed by atoms with E-state index in [-0.39, 0.29) is 0 Å². The van der Waals surface area contributed by atoms with Crippen LogP contribution in [0.15, 0.2) is 0 Å². The van der Waals surface area contributed by atoms with Crippen molar-refractivity contribution in [2.24, 2.45) is 0 Å². The van der Waals surface area contributed by atoms with E-state index >= 15 is 0 Å². The molecular weight excluding hydrogens is 242 g/mol. The molecule has 0 rings (SSSR count). The van der Waals surface area contributed by atoms with Gasteiger partial charge in [0.05, 0.1) is 11.1 Å². The first-order valence-corrected chi connectivity index (χ1v) is 5.96. The molecule has 0 aliphatic carbocycles. The predicted octanol–water partition coefficient (Wildman–Crippen LogP) is 1.97. The number of hydrogen-bond acceptors (Lipinski definition) is 2. The Morgan fingerprint density at radius 2 is 1.60 bits per heavy atom. The van der Waals surface area contributed by atoms with Crippen LogP contribution >= 0.6 is 45.5 Å². The SMILES string of the molecule is O=S(=O)(Cl)CC(Cl)C(Cl)Cl. The molecule has 0 aromatic heterocycles. The molecule has 0 aliphatic heterocycles.